The van der Waals surface area contributed by atoms with Crippen LogP contribution >= 0.6 is 11.6 Å². The number of hydrogen-bond donors (Lipinski definition) is 2. The average molecular weight is 286 g/mol. The van der Waals surface area contributed by atoms with Crippen molar-refractivity contribution in [1.29, 1.82) is 0 Å². The molecule has 19 heavy (non-hydrogen) atoms. The van der Waals surface area contributed by atoms with Gasteiger partial charge in [-0.1, -0.05) is 11.6 Å². The van der Waals surface area contributed by atoms with E-state index in [-0.39, 0.29) is 6.61 Å². The van der Waals surface area contributed by atoms with Crippen LogP contribution in [0.15, 0.2) is 12.1 Å². The van der Waals surface area contributed by atoms with Crippen molar-refractivity contribution in [2.75, 3.05) is 31.7 Å². The lowest BCUT2D eigenvalue weighted by atomic mass is 10.2. The Balaban J connectivity index is 1.95. The summed E-state index contributed by atoms with van der Waals surface area (Å²) in [6.45, 7) is 2.42. The van der Waals surface area contributed by atoms with E-state index in [1.165, 1.54) is 0 Å². The van der Waals surface area contributed by atoms with Crippen LogP contribution in [0.25, 0.3) is 0 Å². The molecule has 106 valence electrons. The van der Waals surface area contributed by atoms with E-state index >= 15 is 0 Å². The molecule has 5 heteroatoms. The number of ether oxygens (including phenoxy) is 2. The molecule has 0 unspecified atom stereocenters. The Kier molecular flexibility index (Phi) is 5.61. The van der Waals surface area contributed by atoms with Gasteiger partial charge in [0.1, 0.15) is 0 Å². The van der Waals surface area contributed by atoms with Crippen LogP contribution in [-0.4, -0.2) is 31.5 Å². The summed E-state index contributed by atoms with van der Waals surface area (Å²) in [5.41, 5.74) is 0.870. The van der Waals surface area contributed by atoms with Gasteiger partial charge in [0.15, 0.2) is 11.5 Å². The summed E-state index contributed by atoms with van der Waals surface area (Å²) < 4.78 is 11.2. The van der Waals surface area contributed by atoms with Crippen LogP contribution in [-0.2, 0) is 0 Å². The Morgan fingerprint density at radius 1 is 1.11 bits per heavy atom. The van der Waals surface area contributed by atoms with E-state index in [2.05, 4.69) is 5.32 Å². The molecule has 1 aliphatic rings. The molecule has 0 saturated carbocycles. The highest BCUT2D eigenvalue weighted by molar-refractivity contribution is 6.33. The molecular weight excluding hydrogens is 266 g/mol. The third-order valence-electron chi connectivity index (χ3n) is 2.99. The molecular formula is C14H20ClNO3. The zero-order valence-corrected chi connectivity index (χ0v) is 11.7. The third-order valence-corrected chi connectivity index (χ3v) is 3.30. The lowest BCUT2D eigenvalue weighted by Gasteiger charge is -2.13. The zero-order chi connectivity index (χ0) is 13.5. The Morgan fingerprint density at radius 3 is 2.58 bits per heavy atom. The molecule has 0 bridgehead atoms. The van der Waals surface area contributed by atoms with Crippen molar-refractivity contribution in [2.24, 2.45) is 0 Å². The Labute approximate surface area is 118 Å². The number of aliphatic hydroxyl groups excluding tert-OH is 1. The number of aliphatic hydroxyl groups is 1. The molecule has 2 rings (SSSR count). The standard InChI is InChI=1S/C14H20ClNO3/c15-11-9-13-14(19-8-4-7-18-13)10-12(11)16-5-2-1-3-6-17/h9-10,16-17H,1-8H2. The summed E-state index contributed by atoms with van der Waals surface area (Å²) in [5, 5.41) is 12.7. The summed E-state index contributed by atoms with van der Waals surface area (Å²) in [5.74, 6) is 1.47. The first-order valence-electron chi connectivity index (χ1n) is 6.75. The first kappa shape index (κ1) is 14.3. The van der Waals surface area contributed by atoms with Crippen LogP contribution in [0.2, 0.25) is 5.02 Å². The second kappa shape index (κ2) is 7.46. The van der Waals surface area contributed by atoms with E-state index < -0.39 is 0 Å². The third kappa shape index (κ3) is 4.18. The number of anilines is 1. The van der Waals surface area contributed by atoms with Gasteiger partial charge in [0.05, 0.1) is 23.9 Å². The Hall–Kier alpha value is -1.13. The minimum Gasteiger partial charge on any atom is -0.490 e. The molecule has 0 fully saturated rings. The molecule has 4 nitrogen and oxygen atoms in total. The number of unbranched alkanes of at least 4 members (excludes halogenated alkanes) is 2. The van der Waals surface area contributed by atoms with E-state index in [1.807, 2.05) is 6.07 Å². The average Bonchev–Trinajstić information content (AvgIpc) is 2.63. The largest absolute Gasteiger partial charge is 0.490 e. The number of fused-ring (bicyclic) bond motifs is 1. The van der Waals surface area contributed by atoms with Gasteiger partial charge in [-0.2, -0.15) is 0 Å². The lowest BCUT2D eigenvalue weighted by Crippen LogP contribution is -2.03. The summed E-state index contributed by atoms with van der Waals surface area (Å²) in [6.07, 6.45) is 3.74. The second-order valence-corrected chi connectivity index (χ2v) is 4.95. The van der Waals surface area contributed by atoms with Crippen molar-refractivity contribution < 1.29 is 14.6 Å². The number of benzene rings is 1. The SMILES string of the molecule is OCCCCCNc1cc2c(cc1Cl)OCCCO2. The quantitative estimate of drug-likeness (QED) is 0.789. The van der Waals surface area contributed by atoms with Crippen LogP contribution in [0.4, 0.5) is 5.69 Å². The maximum Gasteiger partial charge on any atom is 0.163 e. The van der Waals surface area contributed by atoms with Crippen LogP contribution < -0.4 is 14.8 Å². The topological polar surface area (TPSA) is 50.7 Å². The predicted octanol–water partition coefficient (Wildman–Crippen LogP) is 3.08. The maximum atomic E-state index is 8.71. The van der Waals surface area contributed by atoms with Gasteiger partial charge in [-0.15, -0.1) is 0 Å². The smallest absolute Gasteiger partial charge is 0.163 e. The molecule has 1 aromatic carbocycles. The molecule has 0 spiro atoms. The van der Waals surface area contributed by atoms with E-state index in [9.17, 15) is 0 Å². The number of hydrogen-bond acceptors (Lipinski definition) is 4. The van der Waals surface area contributed by atoms with Crippen LogP contribution in [0.1, 0.15) is 25.7 Å². The summed E-state index contributed by atoms with van der Waals surface area (Å²) in [7, 11) is 0. The van der Waals surface area contributed by atoms with Gasteiger partial charge in [-0.05, 0) is 19.3 Å². The highest BCUT2D eigenvalue weighted by Crippen LogP contribution is 2.37. The number of halogens is 1. The fraction of sp³-hybridized carbons (Fsp3) is 0.571. The van der Waals surface area contributed by atoms with Crippen LogP contribution in [0.5, 0.6) is 11.5 Å². The number of rotatable bonds is 6. The molecule has 0 amide bonds. The van der Waals surface area contributed by atoms with Gasteiger partial charge in [0.2, 0.25) is 0 Å². The molecule has 1 aliphatic heterocycles. The zero-order valence-electron chi connectivity index (χ0n) is 11.0. The van der Waals surface area contributed by atoms with E-state index in [1.54, 1.807) is 6.07 Å². The van der Waals surface area contributed by atoms with Crippen molar-refractivity contribution in [2.45, 2.75) is 25.7 Å². The predicted molar refractivity (Wildman–Crippen MR) is 76.5 cm³/mol. The summed E-state index contributed by atoms with van der Waals surface area (Å²) >= 11 is 6.22. The van der Waals surface area contributed by atoms with Gasteiger partial charge in [0.25, 0.3) is 0 Å². The Bertz CT molecular complexity index is 412. The van der Waals surface area contributed by atoms with Crippen LogP contribution in [0, 0.1) is 0 Å². The summed E-state index contributed by atoms with van der Waals surface area (Å²) in [4.78, 5) is 0. The first-order chi connectivity index (χ1) is 9.31. The second-order valence-electron chi connectivity index (χ2n) is 4.54. The van der Waals surface area contributed by atoms with E-state index in [4.69, 9.17) is 26.2 Å². The van der Waals surface area contributed by atoms with Crippen LogP contribution in [0.3, 0.4) is 0 Å². The highest BCUT2D eigenvalue weighted by Gasteiger charge is 2.13. The monoisotopic (exact) mass is 285 g/mol. The van der Waals surface area contributed by atoms with E-state index in [0.29, 0.717) is 24.0 Å². The Morgan fingerprint density at radius 2 is 1.84 bits per heavy atom. The van der Waals surface area contributed by atoms with Gasteiger partial charge >= 0.3 is 0 Å². The summed E-state index contributed by atoms with van der Waals surface area (Å²) in [6, 6.07) is 3.70. The maximum absolute atomic E-state index is 8.71. The van der Waals surface area contributed by atoms with Gasteiger partial charge in [-0.25, -0.2) is 0 Å². The normalized spacial score (nSPS) is 14.0. The molecule has 1 heterocycles. The molecule has 0 radical (unpaired) electrons. The van der Waals surface area contributed by atoms with Crippen molar-refractivity contribution in [3.8, 4) is 11.5 Å². The van der Waals surface area contributed by atoms with Gasteiger partial charge < -0.3 is 19.9 Å². The minimum absolute atomic E-state index is 0.255. The van der Waals surface area contributed by atoms with Crippen molar-refractivity contribution in [3.05, 3.63) is 17.2 Å². The highest BCUT2D eigenvalue weighted by atomic mass is 35.5. The van der Waals surface area contributed by atoms with Crippen molar-refractivity contribution in [3.63, 3.8) is 0 Å². The van der Waals surface area contributed by atoms with Gasteiger partial charge in [0, 0.05) is 31.7 Å². The molecule has 0 atom stereocenters. The fourth-order valence-electron chi connectivity index (χ4n) is 1.96. The lowest BCUT2D eigenvalue weighted by molar-refractivity contribution is 0.283. The molecule has 0 aliphatic carbocycles. The van der Waals surface area contributed by atoms with E-state index in [0.717, 1.165) is 43.7 Å². The first-order valence-corrected chi connectivity index (χ1v) is 7.13. The molecule has 2 N–H and O–H groups in total. The van der Waals surface area contributed by atoms with Gasteiger partial charge in [-0.3, -0.25) is 0 Å². The fourth-order valence-corrected chi connectivity index (χ4v) is 2.18. The van der Waals surface area contributed by atoms with Crippen molar-refractivity contribution >= 4 is 17.3 Å². The van der Waals surface area contributed by atoms with Crippen molar-refractivity contribution in [1.82, 2.24) is 0 Å². The molecule has 1 aromatic rings. The number of nitrogens with one attached hydrogen (secondary N) is 1. The molecule has 0 saturated heterocycles. The molecule has 0 aromatic heterocycles. The minimum atomic E-state index is 0.255.